The summed E-state index contributed by atoms with van der Waals surface area (Å²) in [6.07, 6.45) is 6.17. The molecule has 0 heteroatoms. The van der Waals surface area contributed by atoms with Gasteiger partial charge in [-0.2, -0.15) is 0 Å². The van der Waals surface area contributed by atoms with Crippen molar-refractivity contribution in [3.8, 4) is 0 Å². The topological polar surface area (TPSA) is 0 Å². The lowest BCUT2D eigenvalue weighted by Gasteiger charge is -2.62. The smallest absolute Gasteiger partial charge is 0.0194 e. The molecule has 3 aliphatic carbocycles. The van der Waals surface area contributed by atoms with Crippen molar-refractivity contribution in [2.75, 3.05) is 0 Å². The molecular weight excluding hydrogens is 492 g/mol. The van der Waals surface area contributed by atoms with Crippen LogP contribution in [0, 0.1) is 23.2 Å². The van der Waals surface area contributed by atoms with E-state index >= 15 is 0 Å². The highest BCUT2D eigenvalue weighted by atomic mass is 14.6. The molecule has 0 nitrogen and oxygen atoms in total. The molecule has 0 radical (unpaired) electrons. The van der Waals surface area contributed by atoms with Crippen molar-refractivity contribution in [3.05, 3.63) is 135 Å². The predicted octanol–water partition coefficient (Wildman–Crippen LogP) is 11.1. The van der Waals surface area contributed by atoms with Crippen LogP contribution in [0.3, 0.4) is 0 Å². The minimum atomic E-state index is -0.122. The molecule has 41 heavy (non-hydrogen) atoms. The number of aryl methyl sites for hydroxylation is 2. The third-order valence-corrected chi connectivity index (χ3v) is 11.2. The third kappa shape index (κ3) is 4.41. The van der Waals surface area contributed by atoms with Crippen LogP contribution in [0.25, 0.3) is 5.57 Å². The van der Waals surface area contributed by atoms with Crippen molar-refractivity contribution < 1.29 is 0 Å². The Morgan fingerprint density at radius 2 is 1.49 bits per heavy atom. The molecule has 2 aromatic rings. The average Bonchev–Trinajstić information content (AvgIpc) is 2.88. The second kappa shape index (κ2) is 10.0. The maximum atomic E-state index is 4.85. The molecule has 2 aromatic carbocycles. The largest absolute Gasteiger partial charge is 0.0992 e. The average molecular weight is 543 g/mol. The van der Waals surface area contributed by atoms with E-state index in [1.54, 1.807) is 0 Å². The lowest BCUT2D eigenvalue weighted by Crippen LogP contribution is -2.52. The van der Waals surface area contributed by atoms with E-state index in [0.717, 1.165) is 44.1 Å². The quantitative estimate of drug-likeness (QED) is 0.318. The van der Waals surface area contributed by atoms with Gasteiger partial charge in [0.05, 0.1) is 0 Å². The van der Waals surface area contributed by atoms with E-state index in [0.29, 0.717) is 0 Å². The number of benzene rings is 2. The van der Waals surface area contributed by atoms with Crippen molar-refractivity contribution in [1.82, 2.24) is 0 Å². The molecule has 214 valence electrons. The Balaban J connectivity index is 1.57. The Bertz CT molecular complexity index is 1560. The Labute approximate surface area is 250 Å². The van der Waals surface area contributed by atoms with Gasteiger partial charge in [0, 0.05) is 5.41 Å². The summed E-state index contributed by atoms with van der Waals surface area (Å²) in [5.74, 6) is 0. The fourth-order valence-corrected chi connectivity index (χ4v) is 9.28. The molecule has 0 bridgehead atoms. The molecule has 3 aliphatic rings. The van der Waals surface area contributed by atoms with Crippen LogP contribution >= 0.6 is 0 Å². The molecule has 0 spiro atoms. The third-order valence-electron chi connectivity index (χ3n) is 11.2. The molecule has 0 amide bonds. The van der Waals surface area contributed by atoms with Gasteiger partial charge in [-0.25, -0.2) is 0 Å². The number of fused-ring (bicyclic) bond motifs is 3. The van der Waals surface area contributed by atoms with Gasteiger partial charge >= 0.3 is 0 Å². The van der Waals surface area contributed by atoms with Crippen LogP contribution in [0.2, 0.25) is 0 Å². The van der Waals surface area contributed by atoms with Crippen LogP contribution in [0.1, 0.15) is 94.7 Å². The highest BCUT2D eigenvalue weighted by Crippen LogP contribution is 2.70. The molecule has 0 unspecified atom stereocenters. The maximum absolute atomic E-state index is 4.85. The Morgan fingerprint density at radius 1 is 0.854 bits per heavy atom. The number of rotatable bonds is 6. The van der Waals surface area contributed by atoms with E-state index in [1.165, 1.54) is 72.4 Å². The molecule has 5 rings (SSSR count). The van der Waals surface area contributed by atoms with Crippen LogP contribution in [0.4, 0.5) is 0 Å². The van der Waals surface area contributed by atoms with Crippen molar-refractivity contribution in [3.63, 3.8) is 0 Å². The first kappa shape index (κ1) is 29.4. The molecule has 0 aromatic heterocycles. The standard InChI is InChI=1S/C41H50/c1-13-32-15-17-33(18-16-32)20-26(4)21-34-19-14-27(5)37-29(7)38-31(9)41(12)30(8)36(25(2)3)28(6)22-40(41,11)24-39(38,10)23-35(34)37/h14-19H,2,4,7-8,13,20-24H2,1,3,5-6,9-12H3/t39-,40+,41-/m1/s1. The lowest BCUT2D eigenvalue weighted by molar-refractivity contribution is 0.0543. The lowest BCUT2D eigenvalue weighted by atomic mass is 9.41. The van der Waals surface area contributed by atoms with Crippen molar-refractivity contribution in [1.29, 1.82) is 0 Å². The van der Waals surface area contributed by atoms with E-state index in [-0.39, 0.29) is 16.2 Å². The predicted molar refractivity (Wildman–Crippen MR) is 179 cm³/mol. The zero-order valence-corrected chi connectivity index (χ0v) is 27.0. The van der Waals surface area contributed by atoms with E-state index in [4.69, 9.17) is 13.2 Å². The summed E-state index contributed by atoms with van der Waals surface area (Å²) in [4.78, 5) is 0. The van der Waals surface area contributed by atoms with E-state index in [1.807, 2.05) is 0 Å². The zero-order valence-electron chi connectivity index (χ0n) is 27.0. The van der Waals surface area contributed by atoms with Gasteiger partial charge in [0.1, 0.15) is 0 Å². The molecule has 0 aliphatic heterocycles. The summed E-state index contributed by atoms with van der Waals surface area (Å²) in [6, 6.07) is 13.7. The van der Waals surface area contributed by atoms with Gasteiger partial charge in [-0.3, -0.25) is 0 Å². The van der Waals surface area contributed by atoms with Crippen molar-refractivity contribution in [2.45, 2.75) is 93.9 Å². The fraction of sp³-hybridized carbons (Fsp3) is 0.415. The Hall–Kier alpha value is -3.12. The molecule has 0 fully saturated rings. The molecule has 0 heterocycles. The van der Waals surface area contributed by atoms with Crippen LogP contribution in [0.15, 0.2) is 102 Å². The first-order chi connectivity index (χ1) is 19.2. The van der Waals surface area contributed by atoms with E-state index in [9.17, 15) is 0 Å². The molecule has 0 saturated heterocycles. The minimum absolute atomic E-state index is 0.0313. The summed E-state index contributed by atoms with van der Waals surface area (Å²) in [6.45, 7) is 37.3. The minimum Gasteiger partial charge on any atom is -0.0992 e. The highest BCUT2D eigenvalue weighted by molar-refractivity contribution is 5.87. The van der Waals surface area contributed by atoms with Crippen LogP contribution in [-0.2, 0) is 25.7 Å². The van der Waals surface area contributed by atoms with Gasteiger partial charge in [0.2, 0.25) is 0 Å². The normalized spacial score (nSPS) is 27.4. The number of allylic oxidation sites excluding steroid dienone is 8. The summed E-state index contributed by atoms with van der Waals surface area (Å²) in [7, 11) is 0. The molecule has 0 saturated carbocycles. The molecule has 0 N–H and O–H groups in total. The number of hydrogen-bond donors (Lipinski definition) is 0. The Morgan fingerprint density at radius 3 is 2.10 bits per heavy atom. The monoisotopic (exact) mass is 542 g/mol. The SMILES string of the molecule is C=C(Cc1ccc(CC)cc1)Cc1ccc(C)c2c1C[C@]1(C)C[C@]3(C)CC(C)=C(C(=C)C)C(=C)[C@]3(C)C(C)=C1C2=C. The van der Waals surface area contributed by atoms with Crippen LogP contribution < -0.4 is 0 Å². The Kier molecular flexibility index (Phi) is 7.17. The van der Waals surface area contributed by atoms with Gasteiger partial charge in [0.25, 0.3) is 0 Å². The molecular formula is C41H50. The van der Waals surface area contributed by atoms with E-state index in [2.05, 4.69) is 105 Å². The van der Waals surface area contributed by atoms with Gasteiger partial charge < -0.3 is 0 Å². The van der Waals surface area contributed by atoms with Crippen LogP contribution in [0.5, 0.6) is 0 Å². The molecule has 3 atom stereocenters. The van der Waals surface area contributed by atoms with Gasteiger partial charge in [-0.15, -0.1) is 0 Å². The fourth-order valence-electron chi connectivity index (χ4n) is 9.28. The second-order valence-electron chi connectivity index (χ2n) is 14.3. The maximum Gasteiger partial charge on any atom is 0.0194 e. The van der Waals surface area contributed by atoms with Crippen molar-refractivity contribution in [2.24, 2.45) is 16.2 Å². The van der Waals surface area contributed by atoms with Gasteiger partial charge in [0.15, 0.2) is 0 Å². The number of hydrogen-bond acceptors (Lipinski definition) is 0. The summed E-state index contributed by atoms with van der Waals surface area (Å²) >= 11 is 0. The van der Waals surface area contributed by atoms with Crippen LogP contribution in [-0.4, -0.2) is 0 Å². The van der Waals surface area contributed by atoms with Crippen molar-refractivity contribution >= 4 is 5.57 Å². The summed E-state index contributed by atoms with van der Waals surface area (Å²) in [5.41, 5.74) is 18.9. The highest BCUT2D eigenvalue weighted by Gasteiger charge is 2.59. The first-order valence-electron chi connectivity index (χ1n) is 15.5. The summed E-state index contributed by atoms with van der Waals surface area (Å²) < 4.78 is 0. The second-order valence-corrected chi connectivity index (χ2v) is 14.3. The van der Waals surface area contributed by atoms with E-state index < -0.39 is 0 Å². The van der Waals surface area contributed by atoms with Gasteiger partial charge in [-0.05, 0) is 133 Å². The zero-order chi connectivity index (χ0) is 30.1. The van der Waals surface area contributed by atoms with Gasteiger partial charge in [-0.1, -0.05) is 113 Å². The first-order valence-corrected chi connectivity index (χ1v) is 15.5. The summed E-state index contributed by atoms with van der Waals surface area (Å²) in [5, 5.41) is 0.